The van der Waals surface area contributed by atoms with Gasteiger partial charge in [-0.1, -0.05) is 0 Å². The molecule has 0 aromatic carbocycles. The molecule has 1 saturated heterocycles. The van der Waals surface area contributed by atoms with Gasteiger partial charge in [0, 0.05) is 20.6 Å². The second-order valence-corrected chi connectivity index (χ2v) is 5.36. The summed E-state index contributed by atoms with van der Waals surface area (Å²) >= 11 is 0. The molecule has 1 atom stereocenters. The highest BCUT2D eigenvalue weighted by Gasteiger charge is 2.23. The van der Waals surface area contributed by atoms with Crippen LogP contribution in [0.1, 0.15) is 28.9 Å². The molecule has 3 N–H and O–H groups in total. The lowest BCUT2D eigenvalue weighted by Gasteiger charge is -2.29. The maximum absolute atomic E-state index is 11.6. The number of hydrogen-bond donors (Lipinski definition) is 2. The molecular formula is C13H23N5O. The molecule has 0 saturated carbocycles. The Labute approximate surface area is 113 Å². The molecule has 0 radical (unpaired) electrons. The third kappa shape index (κ3) is 2.89. The zero-order valence-electron chi connectivity index (χ0n) is 11.9. The Bertz CT molecular complexity index is 462. The van der Waals surface area contributed by atoms with Crippen LogP contribution in [0.5, 0.6) is 0 Å². The minimum atomic E-state index is -0.408. The number of carbonyl (C=O) groups excluding carboxylic acids is 1. The number of rotatable bonds is 4. The van der Waals surface area contributed by atoms with Crippen molar-refractivity contribution in [3.63, 3.8) is 0 Å². The van der Waals surface area contributed by atoms with Crippen molar-refractivity contribution in [1.29, 1.82) is 0 Å². The average Bonchev–Trinajstić information content (AvgIpc) is 2.65. The Morgan fingerprint density at radius 2 is 2.37 bits per heavy atom. The number of nitrogens with two attached hydrogens (primary N) is 1. The van der Waals surface area contributed by atoms with E-state index in [1.54, 1.807) is 4.68 Å². The van der Waals surface area contributed by atoms with E-state index in [-0.39, 0.29) is 0 Å². The van der Waals surface area contributed by atoms with E-state index in [9.17, 15) is 4.79 Å². The molecule has 6 heteroatoms. The van der Waals surface area contributed by atoms with Crippen LogP contribution in [-0.4, -0.2) is 42.4 Å². The number of primary amides is 1. The van der Waals surface area contributed by atoms with Crippen LogP contribution in [0.3, 0.4) is 0 Å². The molecule has 1 aliphatic heterocycles. The van der Waals surface area contributed by atoms with Crippen molar-refractivity contribution in [2.45, 2.75) is 19.8 Å². The first-order valence-corrected chi connectivity index (χ1v) is 6.76. The highest BCUT2D eigenvalue weighted by Crippen LogP contribution is 2.23. The number of anilines is 1. The quantitative estimate of drug-likeness (QED) is 0.819. The first kappa shape index (κ1) is 13.9. The van der Waals surface area contributed by atoms with Crippen LogP contribution in [0.4, 0.5) is 5.82 Å². The van der Waals surface area contributed by atoms with Crippen LogP contribution >= 0.6 is 0 Å². The molecule has 1 fully saturated rings. The number of amides is 1. The number of carbonyl (C=O) groups is 1. The number of hydrogen-bond acceptors (Lipinski definition) is 4. The topological polar surface area (TPSA) is 76.2 Å². The number of aromatic nitrogens is 2. The summed E-state index contributed by atoms with van der Waals surface area (Å²) in [6, 6.07) is 0. The number of nitrogens with one attached hydrogen (secondary N) is 1. The first-order valence-electron chi connectivity index (χ1n) is 6.76. The van der Waals surface area contributed by atoms with Crippen LogP contribution < -0.4 is 16.0 Å². The number of piperidine rings is 1. The molecule has 1 amide bonds. The van der Waals surface area contributed by atoms with E-state index < -0.39 is 5.91 Å². The van der Waals surface area contributed by atoms with Gasteiger partial charge in [0.15, 0.2) is 0 Å². The fourth-order valence-corrected chi connectivity index (χ4v) is 2.93. The molecule has 1 aliphatic rings. The minimum absolute atomic E-state index is 0.408. The SMILES string of the molecule is Cc1nn(C)c(N(C)CC2CCCNC2)c1C(N)=O. The third-order valence-corrected chi connectivity index (χ3v) is 3.73. The smallest absolute Gasteiger partial charge is 0.254 e. The van der Waals surface area contributed by atoms with Crippen molar-refractivity contribution < 1.29 is 4.79 Å². The molecule has 106 valence electrons. The lowest BCUT2D eigenvalue weighted by Crippen LogP contribution is -2.38. The van der Waals surface area contributed by atoms with Crippen LogP contribution in [0.15, 0.2) is 0 Å². The van der Waals surface area contributed by atoms with Crippen molar-refractivity contribution in [1.82, 2.24) is 15.1 Å². The Balaban J connectivity index is 2.18. The molecule has 19 heavy (non-hydrogen) atoms. The third-order valence-electron chi connectivity index (χ3n) is 3.73. The van der Waals surface area contributed by atoms with Crippen LogP contribution in [0.2, 0.25) is 0 Å². The summed E-state index contributed by atoms with van der Waals surface area (Å²) in [6.07, 6.45) is 2.44. The monoisotopic (exact) mass is 265 g/mol. The Hall–Kier alpha value is -1.56. The van der Waals surface area contributed by atoms with Crippen LogP contribution in [0.25, 0.3) is 0 Å². The lowest BCUT2D eigenvalue weighted by atomic mass is 9.99. The standard InChI is InChI=1S/C13H23N5O/c1-9-11(12(14)19)13(18(3)16-9)17(2)8-10-5-4-6-15-7-10/h10,15H,4-8H2,1-3H3,(H2,14,19). The summed E-state index contributed by atoms with van der Waals surface area (Å²) in [5.74, 6) is 1.01. The molecule has 1 unspecified atom stereocenters. The molecule has 0 bridgehead atoms. The summed E-state index contributed by atoms with van der Waals surface area (Å²) in [6.45, 7) is 4.87. The van der Waals surface area contributed by atoms with Gasteiger partial charge in [0.25, 0.3) is 5.91 Å². The maximum Gasteiger partial charge on any atom is 0.254 e. The predicted molar refractivity (Wildman–Crippen MR) is 75.3 cm³/mol. The van der Waals surface area contributed by atoms with Gasteiger partial charge >= 0.3 is 0 Å². The van der Waals surface area contributed by atoms with Crippen molar-refractivity contribution in [3.8, 4) is 0 Å². The summed E-state index contributed by atoms with van der Waals surface area (Å²) in [4.78, 5) is 13.7. The van der Waals surface area contributed by atoms with E-state index in [1.165, 1.54) is 12.8 Å². The largest absolute Gasteiger partial charge is 0.365 e. The van der Waals surface area contributed by atoms with Crippen LogP contribution in [0, 0.1) is 12.8 Å². The molecule has 0 spiro atoms. The van der Waals surface area contributed by atoms with Gasteiger partial charge in [-0.05, 0) is 38.8 Å². The summed E-state index contributed by atoms with van der Waals surface area (Å²) in [5, 5.41) is 7.71. The molecule has 0 aliphatic carbocycles. The molecule has 2 rings (SSSR count). The van der Waals surface area contributed by atoms with Gasteiger partial charge in [-0.3, -0.25) is 9.48 Å². The minimum Gasteiger partial charge on any atom is -0.365 e. The lowest BCUT2D eigenvalue weighted by molar-refractivity contribution is 0.1000. The summed E-state index contributed by atoms with van der Waals surface area (Å²) in [5.41, 5.74) is 6.70. The zero-order chi connectivity index (χ0) is 14.0. The molecule has 1 aromatic rings. The van der Waals surface area contributed by atoms with E-state index in [4.69, 9.17) is 5.73 Å². The van der Waals surface area contributed by atoms with Crippen molar-refractivity contribution in [2.75, 3.05) is 31.6 Å². The molecule has 2 heterocycles. The normalized spacial score (nSPS) is 19.4. The zero-order valence-corrected chi connectivity index (χ0v) is 11.9. The number of nitrogens with zero attached hydrogens (tertiary/aromatic N) is 3. The van der Waals surface area contributed by atoms with Gasteiger partial charge in [-0.25, -0.2) is 0 Å². The van der Waals surface area contributed by atoms with E-state index in [0.717, 1.165) is 25.5 Å². The van der Waals surface area contributed by atoms with Crippen molar-refractivity contribution in [3.05, 3.63) is 11.3 Å². The fourth-order valence-electron chi connectivity index (χ4n) is 2.93. The second-order valence-electron chi connectivity index (χ2n) is 5.36. The van der Waals surface area contributed by atoms with E-state index in [1.807, 2.05) is 21.0 Å². The first-order chi connectivity index (χ1) is 9.00. The van der Waals surface area contributed by atoms with E-state index in [0.29, 0.717) is 17.2 Å². The van der Waals surface area contributed by atoms with Crippen molar-refractivity contribution in [2.24, 2.45) is 18.7 Å². The van der Waals surface area contributed by atoms with E-state index in [2.05, 4.69) is 15.3 Å². The van der Waals surface area contributed by atoms with Gasteiger partial charge in [0.1, 0.15) is 11.4 Å². The fraction of sp³-hybridized carbons (Fsp3) is 0.692. The Kier molecular flexibility index (Phi) is 4.09. The second kappa shape index (κ2) is 5.61. The highest BCUT2D eigenvalue weighted by molar-refractivity contribution is 5.99. The predicted octanol–water partition coefficient (Wildman–Crippen LogP) is 0.263. The molecule has 1 aromatic heterocycles. The molecule has 6 nitrogen and oxygen atoms in total. The van der Waals surface area contributed by atoms with Crippen LogP contribution in [-0.2, 0) is 7.05 Å². The van der Waals surface area contributed by atoms with E-state index >= 15 is 0 Å². The van der Waals surface area contributed by atoms with Gasteiger partial charge in [0.05, 0.1) is 5.69 Å². The highest BCUT2D eigenvalue weighted by atomic mass is 16.1. The van der Waals surface area contributed by atoms with Gasteiger partial charge in [-0.15, -0.1) is 0 Å². The molecular weight excluding hydrogens is 242 g/mol. The average molecular weight is 265 g/mol. The van der Waals surface area contributed by atoms with Crippen molar-refractivity contribution >= 4 is 11.7 Å². The number of aryl methyl sites for hydroxylation is 2. The van der Waals surface area contributed by atoms with Gasteiger partial charge < -0.3 is 16.0 Å². The van der Waals surface area contributed by atoms with Gasteiger partial charge in [0.2, 0.25) is 0 Å². The Morgan fingerprint density at radius 3 is 2.95 bits per heavy atom. The maximum atomic E-state index is 11.6. The summed E-state index contributed by atoms with van der Waals surface area (Å²) in [7, 11) is 3.85. The Morgan fingerprint density at radius 1 is 1.63 bits per heavy atom. The van der Waals surface area contributed by atoms with Gasteiger partial charge in [-0.2, -0.15) is 5.10 Å². The summed E-state index contributed by atoms with van der Waals surface area (Å²) < 4.78 is 1.74.